The molecular formula is C16H10Cl2O4. The zero-order chi connectivity index (χ0) is 16.3. The zero-order valence-corrected chi connectivity index (χ0v) is 12.6. The molecular weight excluding hydrogens is 327 g/mol. The van der Waals surface area contributed by atoms with Gasteiger partial charge >= 0.3 is 11.9 Å². The van der Waals surface area contributed by atoms with E-state index in [-0.39, 0.29) is 16.2 Å². The third-order valence-corrected chi connectivity index (χ3v) is 3.67. The van der Waals surface area contributed by atoms with Gasteiger partial charge in [-0.25, -0.2) is 9.59 Å². The van der Waals surface area contributed by atoms with Crippen LogP contribution in [0.15, 0.2) is 42.5 Å². The van der Waals surface area contributed by atoms with E-state index in [1.807, 2.05) is 0 Å². The quantitative estimate of drug-likeness (QED) is 0.644. The van der Waals surface area contributed by atoms with E-state index in [1.54, 1.807) is 6.07 Å². The standard InChI is InChI=1S/C16H10Cl2O4/c17-13-6-5-11(8-14(13)18)12(16(21)22)7-9-1-3-10(4-2-9)15(19)20/h1-8H,(H,19,20)(H,21,22)/b12-7-. The number of aromatic carboxylic acids is 1. The maximum atomic E-state index is 11.4. The number of hydrogen-bond acceptors (Lipinski definition) is 2. The lowest BCUT2D eigenvalue weighted by molar-refractivity contribution is -0.130. The van der Waals surface area contributed by atoms with Crippen LogP contribution in [0.4, 0.5) is 0 Å². The summed E-state index contributed by atoms with van der Waals surface area (Å²) in [5, 5.41) is 18.8. The van der Waals surface area contributed by atoms with Crippen molar-refractivity contribution in [2.75, 3.05) is 0 Å². The highest BCUT2D eigenvalue weighted by Crippen LogP contribution is 2.27. The average molecular weight is 337 g/mol. The van der Waals surface area contributed by atoms with E-state index in [0.29, 0.717) is 16.1 Å². The summed E-state index contributed by atoms with van der Waals surface area (Å²) in [6, 6.07) is 10.4. The fourth-order valence-corrected chi connectivity index (χ4v) is 2.12. The molecule has 0 aliphatic rings. The second-order valence-corrected chi connectivity index (χ2v) is 5.23. The summed E-state index contributed by atoms with van der Waals surface area (Å²) in [5.74, 6) is -2.17. The van der Waals surface area contributed by atoms with Crippen molar-refractivity contribution in [1.82, 2.24) is 0 Å². The number of carboxylic acids is 2. The fraction of sp³-hybridized carbons (Fsp3) is 0. The van der Waals surface area contributed by atoms with Gasteiger partial charge in [0.15, 0.2) is 0 Å². The highest BCUT2D eigenvalue weighted by molar-refractivity contribution is 6.42. The first-order valence-corrected chi connectivity index (χ1v) is 6.88. The SMILES string of the molecule is O=C(O)/C(=C\c1ccc(C(=O)O)cc1)c1ccc(Cl)c(Cl)c1. The minimum atomic E-state index is -1.12. The molecule has 22 heavy (non-hydrogen) atoms. The van der Waals surface area contributed by atoms with Gasteiger partial charge < -0.3 is 10.2 Å². The number of rotatable bonds is 4. The van der Waals surface area contributed by atoms with E-state index in [2.05, 4.69) is 0 Å². The number of hydrogen-bond donors (Lipinski definition) is 2. The molecule has 0 amide bonds. The van der Waals surface area contributed by atoms with Crippen molar-refractivity contribution >= 4 is 46.8 Å². The van der Waals surface area contributed by atoms with Gasteiger partial charge in [-0.2, -0.15) is 0 Å². The van der Waals surface area contributed by atoms with Gasteiger partial charge in [0.05, 0.1) is 21.2 Å². The summed E-state index contributed by atoms with van der Waals surface area (Å²) in [4.78, 5) is 22.2. The lowest BCUT2D eigenvalue weighted by Gasteiger charge is -2.05. The first kappa shape index (κ1) is 16.1. The van der Waals surface area contributed by atoms with Crippen LogP contribution in [-0.4, -0.2) is 22.2 Å². The average Bonchev–Trinajstić information content (AvgIpc) is 2.48. The third-order valence-electron chi connectivity index (χ3n) is 2.93. The molecule has 0 aliphatic carbocycles. The normalized spacial score (nSPS) is 11.3. The Bertz CT molecular complexity index is 764. The van der Waals surface area contributed by atoms with Crippen LogP contribution in [0.2, 0.25) is 10.0 Å². The van der Waals surface area contributed by atoms with Gasteiger partial charge in [0.2, 0.25) is 0 Å². The van der Waals surface area contributed by atoms with Crippen LogP contribution in [0.3, 0.4) is 0 Å². The van der Waals surface area contributed by atoms with Crippen molar-refractivity contribution in [1.29, 1.82) is 0 Å². The van der Waals surface area contributed by atoms with Crippen molar-refractivity contribution in [3.05, 3.63) is 69.2 Å². The molecule has 0 saturated heterocycles. The largest absolute Gasteiger partial charge is 0.478 e. The second-order valence-electron chi connectivity index (χ2n) is 4.42. The lowest BCUT2D eigenvalue weighted by atomic mass is 10.0. The molecule has 0 aliphatic heterocycles. The molecule has 0 fully saturated rings. The van der Waals surface area contributed by atoms with Gasteiger partial charge in [-0.15, -0.1) is 0 Å². The molecule has 0 unspecified atom stereocenters. The zero-order valence-electron chi connectivity index (χ0n) is 11.1. The summed E-state index contributed by atoms with van der Waals surface area (Å²) < 4.78 is 0. The molecule has 0 radical (unpaired) electrons. The van der Waals surface area contributed by atoms with Crippen LogP contribution < -0.4 is 0 Å². The molecule has 0 bridgehead atoms. The van der Waals surface area contributed by atoms with Crippen molar-refractivity contribution in [3.8, 4) is 0 Å². The van der Waals surface area contributed by atoms with Gasteiger partial charge in [-0.05, 0) is 41.5 Å². The number of halogens is 2. The fourth-order valence-electron chi connectivity index (χ4n) is 1.82. The Balaban J connectivity index is 2.44. The minimum Gasteiger partial charge on any atom is -0.478 e. The summed E-state index contributed by atoms with van der Waals surface area (Å²) in [6.45, 7) is 0. The summed E-state index contributed by atoms with van der Waals surface area (Å²) in [7, 11) is 0. The summed E-state index contributed by atoms with van der Waals surface area (Å²) in [6.07, 6.45) is 1.44. The van der Waals surface area contributed by atoms with E-state index < -0.39 is 11.9 Å². The summed E-state index contributed by atoms with van der Waals surface area (Å²) in [5.41, 5.74) is 1.13. The van der Waals surface area contributed by atoms with Crippen molar-refractivity contribution in [2.45, 2.75) is 0 Å². The highest BCUT2D eigenvalue weighted by atomic mass is 35.5. The number of carboxylic acid groups (broad SMARTS) is 2. The Morgan fingerprint density at radius 3 is 1.95 bits per heavy atom. The maximum Gasteiger partial charge on any atom is 0.336 e. The Kier molecular flexibility index (Phi) is 4.85. The van der Waals surface area contributed by atoms with E-state index >= 15 is 0 Å². The molecule has 4 nitrogen and oxygen atoms in total. The van der Waals surface area contributed by atoms with E-state index in [0.717, 1.165) is 0 Å². The van der Waals surface area contributed by atoms with Gasteiger partial charge in [-0.1, -0.05) is 41.4 Å². The number of benzene rings is 2. The molecule has 6 heteroatoms. The van der Waals surface area contributed by atoms with Crippen LogP contribution in [0.25, 0.3) is 11.6 Å². The topological polar surface area (TPSA) is 74.6 Å². The van der Waals surface area contributed by atoms with Gasteiger partial charge in [0.25, 0.3) is 0 Å². The minimum absolute atomic E-state index is 0.0293. The Morgan fingerprint density at radius 2 is 1.45 bits per heavy atom. The van der Waals surface area contributed by atoms with Crippen LogP contribution in [-0.2, 0) is 4.79 Å². The first-order valence-electron chi connectivity index (χ1n) is 6.12. The molecule has 0 heterocycles. The van der Waals surface area contributed by atoms with E-state index in [9.17, 15) is 14.7 Å². The van der Waals surface area contributed by atoms with E-state index in [4.69, 9.17) is 28.3 Å². The third kappa shape index (κ3) is 3.67. The molecule has 0 aromatic heterocycles. The van der Waals surface area contributed by atoms with Crippen molar-refractivity contribution in [3.63, 3.8) is 0 Å². The molecule has 2 aromatic rings. The van der Waals surface area contributed by atoms with Crippen LogP contribution in [0.1, 0.15) is 21.5 Å². The highest BCUT2D eigenvalue weighted by Gasteiger charge is 2.12. The Hall–Kier alpha value is -2.30. The molecule has 0 atom stereocenters. The van der Waals surface area contributed by atoms with Crippen molar-refractivity contribution in [2.24, 2.45) is 0 Å². The van der Waals surface area contributed by atoms with Crippen molar-refractivity contribution < 1.29 is 19.8 Å². The van der Waals surface area contributed by atoms with Gasteiger partial charge in [0.1, 0.15) is 0 Å². The predicted molar refractivity (Wildman–Crippen MR) is 85.4 cm³/mol. The van der Waals surface area contributed by atoms with E-state index in [1.165, 1.54) is 42.5 Å². The number of aliphatic carboxylic acids is 1. The predicted octanol–water partition coefficient (Wildman–Crippen LogP) is 4.32. The van der Waals surface area contributed by atoms with Crippen LogP contribution in [0, 0.1) is 0 Å². The monoisotopic (exact) mass is 336 g/mol. The maximum absolute atomic E-state index is 11.4. The van der Waals surface area contributed by atoms with Crippen LogP contribution >= 0.6 is 23.2 Å². The molecule has 2 rings (SSSR count). The molecule has 112 valence electrons. The Morgan fingerprint density at radius 1 is 0.864 bits per heavy atom. The molecule has 0 spiro atoms. The molecule has 2 N–H and O–H groups in total. The molecule has 0 saturated carbocycles. The van der Waals surface area contributed by atoms with Gasteiger partial charge in [-0.3, -0.25) is 0 Å². The molecule has 2 aromatic carbocycles. The summed E-state index contributed by atoms with van der Waals surface area (Å²) >= 11 is 11.7. The van der Waals surface area contributed by atoms with Crippen LogP contribution in [0.5, 0.6) is 0 Å². The van der Waals surface area contributed by atoms with Gasteiger partial charge in [0, 0.05) is 0 Å². The first-order chi connectivity index (χ1) is 10.4. The second kappa shape index (κ2) is 6.64. The lowest BCUT2D eigenvalue weighted by Crippen LogP contribution is -2.00. The number of carbonyl (C=O) groups is 2. The smallest absolute Gasteiger partial charge is 0.336 e. The Labute approximate surface area is 136 Å².